The van der Waals surface area contributed by atoms with Crippen molar-refractivity contribution in [3.63, 3.8) is 0 Å². The van der Waals surface area contributed by atoms with Gasteiger partial charge >= 0.3 is 23.1 Å². The Morgan fingerprint density at radius 2 is 1.70 bits per heavy atom. The summed E-state index contributed by atoms with van der Waals surface area (Å²) in [6.07, 6.45) is 1.01. The summed E-state index contributed by atoms with van der Waals surface area (Å²) in [6.45, 7) is 19.5. The Bertz CT molecular complexity index is 444. The summed E-state index contributed by atoms with van der Waals surface area (Å²) in [5, 5.41) is 0.280. The Labute approximate surface area is 172 Å². The van der Waals surface area contributed by atoms with Crippen molar-refractivity contribution >= 4 is 31.4 Å². The molecule has 0 aliphatic heterocycles. The minimum Gasteiger partial charge on any atom is -1.00 e. The van der Waals surface area contributed by atoms with Gasteiger partial charge < -0.3 is 21.4 Å². The Morgan fingerprint density at radius 3 is 2.13 bits per heavy atom. The van der Waals surface area contributed by atoms with Gasteiger partial charge in [-0.2, -0.15) is 35.9 Å². The van der Waals surface area contributed by atoms with Crippen LogP contribution in [0.15, 0.2) is 24.3 Å². The molecule has 4 heteroatoms. The van der Waals surface area contributed by atoms with Crippen molar-refractivity contribution < 1.29 is 21.4 Å². The van der Waals surface area contributed by atoms with Gasteiger partial charge in [-0.1, -0.05) is 41.5 Å². The molecule has 128 valence electrons. The fraction of sp³-hybridized carbons (Fsp3) is 0.684. The van der Waals surface area contributed by atoms with Gasteiger partial charge in [-0.3, -0.25) is 0 Å². The van der Waals surface area contributed by atoms with Crippen LogP contribution in [-0.2, 0) is 10.8 Å². The Kier molecular flexibility index (Phi) is 11.2. The molecule has 0 amide bonds. The molecule has 0 bridgehead atoms. The minimum atomic E-state index is -1.73. The van der Waals surface area contributed by atoms with Crippen LogP contribution in [-0.4, -0.2) is 38.0 Å². The molecule has 0 radical (unpaired) electrons. The van der Waals surface area contributed by atoms with Crippen LogP contribution in [0.25, 0.3) is 0 Å². The van der Waals surface area contributed by atoms with Gasteiger partial charge in [0.1, 0.15) is 0 Å². The maximum atomic E-state index is 6.52. The monoisotopic (exact) mass is 408 g/mol. The standard InChI is InChI=1S/C19H33OSi.BrH.Mg/c1-16(2)19(5,6)21(7,8)20-15-18(3,4)14-17-12-10-9-11-13-17;;/h9-12,16H,14-15H2,1-8H3;1H;/q-1;;+2/p-1. The van der Waals surface area contributed by atoms with E-state index in [-0.39, 0.29) is 50.5 Å². The Balaban J connectivity index is 0. The molecule has 0 N–H and O–H groups in total. The van der Waals surface area contributed by atoms with Crippen LogP contribution in [0.1, 0.15) is 47.1 Å². The zero-order valence-electron chi connectivity index (χ0n) is 16.3. The van der Waals surface area contributed by atoms with E-state index in [1.165, 1.54) is 5.56 Å². The van der Waals surface area contributed by atoms with Crippen LogP contribution in [0.4, 0.5) is 0 Å². The molecule has 23 heavy (non-hydrogen) atoms. The zero-order valence-corrected chi connectivity index (χ0v) is 20.3. The molecule has 1 aromatic rings. The molecule has 1 aromatic carbocycles. The van der Waals surface area contributed by atoms with Gasteiger partial charge in [0.2, 0.25) is 0 Å². The van der Waals surface area contributed by atoms with Gasteiger partial charge in [0.05, 0.1) is 0 Å². The zero-order chi connectivity index (χ0) is 16.3. The quantitative estimate of drug-likeness (QED) is 0.496. The second-order valence-electron chi connectivity index (χ2n) is 8.40. The van der Waals surface area contributed by atoms with E-state index in [2.05, 4.69) is 72.8 Å². The van der Waals surface area contributed by atoms with E-state index in [0.29, 0.717) is 5.92 Å². The summed E-state index contributed by atoms with van der Waals surface area (Å²) in [5.41, 5.74) is 1.42. The SMILES string of the molecule is CC(C)C(C)(C)[Si](C)(C)OCC(C)(C)Cc1[c-]cccc1.[Br-].[Mg+2]. The molecule has 0 saturated heterocycles. The van der Waals surface area contributed by atoms with Gasteiger partial charge in [-0.25, -0.2) is 0 Å². The predicted molar refractivity (Wildman–Crippen MR) is 101 cm³/mol. The molecular formula is C19H33BrMgOSi. The molecule has 1 rings (SSSR count). The summed E-state index contributed by atoms with van der Waals surface area (Å²) >= 11 is 0. The van der Waals surface area contributed by atoms with E-state index in [1.54, 1.807) is 0 Å². The second kappa shape index (κ2) is 9.95. The molecule has 0 heterocycles. The van der Waals surface area contributed by atoms with Crippen LogP contribution in [0.5, 0.6) is 0 Å². The van der Waals surface area contributed by atoms with Crippen molar-refractivity contribution in [2.24, 2.45) is 11.3 Å². The first kappa shape index (κ1) is 25.9. The fourth-order valence-electron chi connectivity index (χ4n) is 2.36. The third-order valence-electron chi connectivity index (χ3n) is 5.26. The number of hydrogen-bond acceptors (Lipinski definition) is 1. The minimum absolute atomic E-state index is 0. The van der Waals surface area contributed by atoms with Gasteiger partial charge in [-0.15, -0.1) is 0 Å². The van der Waals surface area contributed by atoms with E-state index in [9.17, 15) is 0 Å². The molecule has 0 aromatic heterocycles. The van der Waals surface area contributed by atoms with E-state index >= 15 is 0 Å². The number of hydrogen-bond donors (Lipinski definition) is 0. The predicted octanol–water partition coefficient (Wildman–Crippen LogP) is 2.34. The first-order valence-electron chi connectivity index (χ1n) is 8.07. The Morgan fingerprint density at radius 1 is 1.13 bits per heavy atom. The molecule has 1 nitrogen and oxygen atoms in total. The number of rotatable bonds is 7. The van der Waals surface area contributed by atoms with Crippen molar-refractivity contribution in [2.75, 3.05) is 6.61 Å². The normalized spacial score (nSPS) is 12.6. The fourth-order valence-corrected chi connectivity index (χ4v) is 4.88. The number of benzene rings is 1. The second-order valence-corrected chi connectivity index (χ2v) is 13.0. The van der Waals surface area contributed by atoms with Crippen molar-refractivity contribution in [1.82, 2.24) is 0 Å². The van der Waals surface area contributed by atoms with Crippen molar-refractivity contribution in [2.45, 2.75) is 66.1 Å². The summed E-state index contributed by atoms with van der Waals surface area (Å²) in [7, 11) is -1.73. The third kappa shape index (κ3) is 7.60. The first-order chi connectivity index (χ1) is 9.48. The average Bonchev–Trinajstić information content (AvgIpc) is 2.37. The topological polar surface area (TPSA) is 9.23 Å². The summed E-state index contributed by atoms with van der Waals surface area (Å²) in [5.74, 6) is 0.643. The number of halogens is 1. The molecule has 0 saturated carbocycles. The van der Waals surface area contributed by atoms with Gasteiger partial charge in [-0.05, 0) is 35.9 Å². The molecule has 0 atom stereocenters. The molecule has 0 spiro atoms. The van der Waals surface area contributed by atoms with Gasteiger partial charge in [0.15, 0.2) is 8.32 Å². The van der Waals surface area contributed by atoms with Crippen molar-refractivity contribution in [3.8, 4) is 0 Å². The summed E-state index contributed by atoms with van der Waals surface area (Å²) in [4.78, 5) is 0. The van der Waals surface area contributed by atoms with Gasteiger partial charge in [0.25, 0.3) is 0 Å². The Hall–Kier alpha value is 0.643. The first-order valence-corrected chi connectivity index (χ1v) is 11.0. The van der Waals surface area contributed by atoms with E-state index < -0.39 is 8.32 Å². The van der Waals surface area contributed by atoms with Gasteiger partial charge in [0, 0.05) is 6.61 Å². The largest absolute Gasteiger partial charge is 2.00 e. The van der Waals surface area contributed by atoms with Crippen LogP contribution < -0.4 is 17.0 Å². The van der Waals surface area contributed by atoms with Crippen molar-refractivity contribution in [1.29, 1.82) is 0 Å². The molecule has 0 aliphatic carbocycles. The third-order valence-corrected chi connectivity index (χ3v) is 9.81. The van der Waals surface area contributed by atoms with E-state index in [0.717, 1.165) is 13.0 Å². The van der Waals surface area contributed by atoms with Crippen LogP contribution in [0.2, 0.25) is 18.1 Å². The van der Waals surface area contributed by atoms with E-state index in [4.69, 9.17) is 4.43 Å². The molecule has 0 unspecified atom stereocenters. The maximum Gasteiger partial charge on any atom is 2.00 e. The maximum absolute atomic E-state index is 6.52. The summed E-state index contributed by atoms with van der Waals surface area (Å²) in [6, 6.07) is 11.6. The van der Waals surface area contributed by atoms with Crippen molar-refractivity contribution in [3.05, 3.63) is 35.9 Å². The smallest absolute Gasteiger partial charge is 1.00 e. The molecule has 0 fully saturated rings. The molecule has 0 aliphatic rings. The summed E-state index contributed by atoms with van der Waals surface area (Å²) < 4.78 is 6.52. The van der Waals surface area contributed by atoms with Crippen LogP contribution in [0.3, 0.4) is 0 Å². The van der Waals surface area contributed by atoms with E-state index in [1.807, 2.05) is 12.1 Å². The van der Waals surface area contributed by atoms with Crippen LogP contribution in [0, 0.1) is 17.4 Å². The van der Waals surface area contributed by atoms with Crippen LogP contribution >= 0.6 is 0 Å². The molecular weight excluding hydrogens is 377 g/mol. The average molecular weight is 410 g/mol.